The van der Waals surface area contributed by atoms with Crippen molar-refractivity contribution in [2.45, 2.75) is 17.4 Å². The molecule has 8 heteroatoms. The summed E-state index contributed by atoms with van der Waals surface area (Å²) in [5.41, 5.74) is 0.604. The van der Waals surface area contributed by atoms with Gasteiger partial charge in [-0.25, -0.2) is 8.42 Å². The number of carbonyl (C=O) groups is 1. The van der Waals surface area contributed by atoms with Gasteiger partial charge in [0.1, 0.15) is 6.04 Å². The molecule has 2 rings (SSSR count). The molecule has 0 fully saturated rings. The average Bonchev–Trinajstić information content (AvgIpc) is 2.59. The second-order valence-corrected chi connectivity index (χ2v) is 8.88. The third kappa shape index (κ3) is 6.14. The number of halogens is 1. The average molecular weight is 443 g/mol. The Balaban J connectivity index is 2.16. The smallest absolute Gasteiger partial charge is 0.242 e. The summed E-state index contributed by atoms with van der Waals surface area (Å²) in [4.78, 5) is 12.7. The van der Waals surface area contributed by atoms with Crippen LogP contribution in [0.5, 0.6) is 0 Å². The van der Waals surface area contributed by atoms with E-state index in [0.717, 1.165) is 4.47 Å². The third-order valence-corrected chi connectivity index (χ3v) is 6.00. The van der Waals surface area contributed by atoms with Crippen molar-refractivity contribution in [1.82, 2.24) is 4.72 Å². The summed E-state index contributed by atoms with van der Waals surface area (Å²) < 4.78 is 28.4. The van der Waals surface area contributed by atoms with Crippen LogP contribution in [0.1, 0.15) is 6.42 Å². The fraction of sp³-hybridized carbons (Fsp3) is 0.235. The van der Waals surface area contributed by atoms with Gasteiger partial charge in [0, 0.05) is 10.2 Å². The van der Waals surface area contributed by atoms with E-state index in [1.807, 2.05) is 12.3 Å². The summed E-state index contributed by atoms with van der Waals surface area (Å²) >= 11 is 4.90. The van der Waals surface area contributed by atoms with Gasteiger partial charge in [-0.15, -0.1) is 0 Å². The molecule has 25 heavy (non-hydrogen) atoms. The van der Waals surface area contributed by atoms with E-state index in [4.69, 9.17) is 0 Å². The Morgan fingerprint density at radius 2 is 1.88 bits per heavy atom. The fourth-order valence-electron chi connectivity index (χ4n) is 2.13. The normalized spacial score (nSPS) is 12.6. The topological polar surface area (TPSA) is 75.3 Å². The van der Waals surface area contributed by atoms with Gasteiger partial charge in [0.05, 0.1) is 4.90 Å². The summed E-state index contributed by atoms with van der Waals surface area (Å²) in [6.45, 7) is 0. The van der Waals surface area contributed by atoms with Crippen LogP contribution in [0.2, 0.25) is 0 Å². The van der Waals surface area contributed by atoms with E-state index in [1.165, 1.54) is 12.1 Å². The Labute approximate surface area is 160 Å². The minimum atomic E-state index is -3.76. The summed E-state index contributed by atoms with van der Waals surface area (Å²) in [6.07, 6.45) is 2.31. The van der Waals surface area contributed by atoms with Crippen molar-refractivity contribution in [3.63, 3.8) is 0 Å². The fourth-order valence-corrected chi connectivity index (χ4v) is 4.25. The van der Waals surface area contributed by atoms with Gasteiger partial charge in [-0.2, -0.15) is 16.5 Å². The van der Waals surface area contributed by atoms with E-state index in [-0.39, 0.29) is 10.8 Å². The molecule has 2 N–H and O–H groups in total. The number of hydrogen-bond donors (Lipinski definition) is 2. The first-order chi connectivity index (χ1) is 11.9. The van der Waals surface area contributed by atoms with Gasteiger partial charge in [0.2, 0.25) is 15.9 Å². The monoisotopic (exact) mass is 442 g/mol. The first kappa shape index (κ1) is 20.0. The van der Waals surface area contributed by atoms with E-state index < -0.39 is 16.1 Å². The van der Waals surface area contributed by atoms with Crippen LogP contribution in [0, 0.1) is 0 Å². The predicted molar refractivity (Wildman–Crippen MR) is 106 cm³/mol. The predicted octanol–water partition coefficient (Wildman–Crippen LogP) is 3.49. The molecule has 0 aliphatic rings. The van der Waals surface area contributed by atoms with Crippen LogP contribution < -0.4 is 10.0 Å². The van der Waals surface area contributed by atoms with Gasteiger partial charge >= 0.3 is 0 Å². The van der Waals surface area contributed by atoms with Crippen LogP contribution in [-0.4, -0.2) is 32.4 Å². The lowest BCUT2D eigenvalue weighted by molar-refractivity contribution is -0.117. The van der Waals surface area contributed by atoms with E-state index in [1.54, 1.807) is 48.2 Å². The van der Waals surface area contributed by atoms with Crippen molar-refractivity contribution >= 4 is 49.3 Å². The molecule has 0 saturated carbocycles. The van der Waals surface area contributed by atoms with Crippen LogP contribution in [0.15, 0.2) is 64.0 Å². The Morgan fingerprint density at radius 1 is 1.16 bits per heavy atom. The molecule has 5 nitrogen and oxygen atoms in total. The highest BCUT2D eigenvalue weighted by Crippen LogP contribution is 2.17. The highest BCUT2D eigenvalue weighted by molar-refractivity contribution is 9.10. The molecule has 1 unspecified atom stereocenters. The molecule has 1 atom stereocenters. The summed E-state index contributed by atoms with van der Waals surface area (Å²) in [6, 6.07) is 14.3. The van der Waals surface area contributed by atoms with Gasteiger partial charge in [-0.05, 0) is 48.8 Å². The van der Waals surface area contributed by atoms with Crippen molar-refractivity contribution in [3.8, 4) is 0 Å². The van der Waals surface area contributed by atoms with Crippen LogP contribution in [0.4, 0.5) is 5.69 Å². The number of thioether (sulfide) groups is 1. The van der Waals surface area contributed by atoms with Gasteiger partial charge < -0.3 is 5.32 Å². The number of nitrogens with one attached hydrogen (secondary N) is 2. The second-order valence-electron chi connectivity index (χ2n) is 5.27. The molecule has 0 aliphatic carbocycles. The van der Waals surface area contributed by atoms with Gasteiger partial charge in [-0.3, -0.25) is 4.79 Å². The Morgan fingerprint density at radius 3 is 2.52 bits per heavy atom. The molecule has 2 aromatic carbocycles. The summed E-state index contributed by atoms with van der Waals surface area (Å²) in [5.74, 6) is 0.278. The number of rotatable bonds is 8. The molecule has 0 radical (unpaired) electrons. The molecule has 0 spiro atoms. The first-order valence-corrected chi connectivity index (χ1v) is 11.2. The van der Waals surface area contributed by atoms with Crippen LogP contribution >= 0.6 is 27.7 Å². The van der Waals surface area contributed by atoms with Crippen molar-refractivity contribution in [2.75, 3.05) is 17.3 Å². The molecular formula is C17H19BrN2O3S2. The number of sulfonamides is 1. The molecule has 1 amide bonds. The van der Waals surface area contributed by atoms with Crippen molar-refractivity contribution in [2.24, 2.45) is 0 Å². The molecular weight excluding hydrogens is 424 g/mol. The lowest BCUT2D eigenvalue weighted by Gasteiger charge is -2.18. The number of benzene rings is 2. The first-order valence-electron chi connectivity index (χ1n) is 7.55. The lowest BCUT2D eigenvalue weighted by Crippen LogP contribution is -2.44. The maximum atomic E-state index is 12.6. The van der Waals surface area contributed by atoms with E-state index >= 15 is 0 Å². The maximum Gasteiger partial charge on any atom is 0.242 e. The van der Waals surface area contributed by atoms with Crippen molar-refractivity contribution in [3.05, 3.63) is 59.1 Å². The molecule has 134 valence electrons. The highest BCUT2D eigenvalue weighted by Gasteiger charge is 2.25. The standard InChI is InChI=1S/C17H19BrN2O3S2/c1-24-11-10-16(17(21)19-14-7-5-6-13(18)12-14)20-25(22,23)15-8-3-2-4-9-15/h2-9,12,16,20H,10-11H2,1H3,(H,19,21). The van der Waals surface area contributed by atoms with Crippen molar-refractivity contribution in [1.29, 1.82) is 0 Å². The number of hydrogen-bond acceptors (Lipinski definition) is 4. The number of anilines is 1. The molecule has 0 heterocycles. The Hall–Kier alpha value is -1.35. The largest absolute Gasteiger partial charge is 0.325 e. The number of carbonyl (C=O) groups excluding carboxylic acids is 1. The molecule has 0 saturated heterocycles. The molecule has 2 aromatic rings. The zero-order valence-corrected chi connectivity index (χ0v) is 16.8. The Kier molecular flexibility index (Phi) is 7.49. The lowest BCUT2D eigenvalue weighted by atomic mass is 10.2. The minimum absolute atomic E-state index is 0.138. The zero-order valence-electron chi connectivity index (χ0n) is 13.6. The maximum absolute atomic E-state index is 12.6. The van der Waals surface area contributed by atoms with E-state index in [0.29, 0.717) is 17.9 Å². The van der Waals surface area contributed by atoms with Gasteiger partial charge in [0.15, 0.2) is 0 Å². The van der Waals surface area contributed by atoms with Gasteiger partial charge in [0.25, 0.3) is 0 Å². The van der Waals surface area contributed by atoms with Crippen LogP contribution in [-0.2, 0) is 14.8 Å². The Bertz CT molecular complexity index is 814. The minimum Gasteiger partial charge on any atom is -0.325 e. The SMILES string of the molecule is CSCCC(NS(=O)(=O)c1ccccc1)C(=O)Nc1cccc(Br)c1. The molecule has 0 aliphatic heterocycles. The summed E-state index contributed by atoms with van der Waals surface area (Å²) in [7, 11) is -3.76. The van der Waals surface area contributed by atoms with E-state index in [9.17, 15) is 13.2 Å². The van der Waals surface area contributed by atoms with Crippen LogP contribution in [0.25, 0.3) is 0 Å². The second kappa shape index (κ2) is 9.38. The van der Waals surface area contributed by atoms with E-state index in [2.05, 4.69) is 26.0 Å². The molecule has 0 bridgehead atoms. The summed E-state index contributed by atoms with van der Waals surface area (Å²) in [5, 5.41) is 2.76. The quantitative estimate of drug-likeness (QED) is 0.655. The van der Waals surface area contributed by atoms with Crippen LogP contribution in [0.3, 0.4) is 0 Å². The third-order valence-electron chi connectivity index (χ3n) is 3.37. The highest BCUT2D eigenvalue weighted by atomic mass is 79.9. The number of amides is 1. The van der Waals surface area contributed by atoms with Gasteiger partial charge in [-0.1, -0.05) is 40.2 Å². The zero-order chi connectivity index (χ0) is 18.3. The van der Waals surface area contributed by atoms with Crippen molar-refractivity contribution < 1.29 is 13.2 Å². The molecule has 0 aromatic heterocycles.